The van der Waals surface area contributed by atoms with Crippen molar-refractivity contribution in [3.63, 3.8) is 0 Å². The highest BCUT2D eigenvalue weighted by molar-refractivity contribution is 9.10. The minimum absolute atomic E-state index is 0.324. The normalized spacial score (nSPS) is 20.4. The predicted octanol–water partition coefficient (Wildman–Crippen LogP) is 3.53. The maximum absolute atomic E-state index is 10.9. The van der Waals surface area contributed by atoms with Crippen LogP contribution in [0.1, 0.15) is 36.5 Å². The maximum Gasteiger partial charge on any atom is 0.335 e. The van der Waals surface area contributed by atoms with Crippen molar-refractivity contribution in [2.45, 2.75) is 32.2 Å². The second-order valence-electron chi connectivity index (χ2n) is 4.51. The lowest BCUT2D eigenvalue weighted by Crippen LogP contribution is -2.37. The van der Waals surface area contributed by atoms with Gasteiger partial charge in [0.1, 0.15) is 0 Å². The number of halogens is 1. The Morgan fingerprint density at radius 1 is 1.47 bits per heavy atom. The van der Waals surface area contributed by atoms with E-state index in [0.29, 0.717) is 11.6 Å². The Hall–Kier alpha value is -1.03. The molecule has 0 amide bonds. The highest BCUT2D eigenvalue weighted by Gasteiger charge is 2.20. The monoisotopic (exact) mass is 297 g/mol. The molecule has 1 aromatic carbocycles. The largest absolute Gasteiger partial charge is 0.478 e. The van der Waals surface area contributed by atoms with Gasteiger partial charge in [-0.2, -0.15) is 0 Å². The quantitative estimate of drug-likeness (QED) is 0.908. The zero-order valence-corrected chi connectivity index (χ0v) is 11.4. The SMILES string of the molecule is C[C@H]1CCCCN1c1ccc(C(=O)O)cc1Br. The molecule has 1 atom stereocenters. The standard InChI is InChI=1S/C13H16BrNO2/c1-9-4-2-3-7-15(9)12-6-5-10(13(16)17)8-11(12)14/h5-6,8-9H,2-4,7H2,1H3,(H,16,17)/t9-/m0/s1. The van der Waals surface area contributed by atoms with Crippen molar-refractivity contribution in [3.05, 3.63) is 28.2 Å². The summed E-state index contributed by atoms with van der Waals surface area (Å²) in [5, 5.41) is 8.93. The van der Waals surface area contributed by atoms with Crippen LogP contribution in [-0.4, -0.2) is 23.7 Å². The molecule has 1 aliphatic rings. The lowest BCUT2D eigenvalue weighted by Gasteiger charge is -2.36. The number of carboxylic acids is 1. The summed E-state index contributed by atoms with van der Waals surface area (Å²) in [5.74, 6) is -0.885. The van der Waals surface area contributed by atoms with Crippen molar-refractivity contribution in [2.24, 2.45) is 0 Å². The maximum atomic E-state index is 10.9. The number of aromatic carboxylic acids is 1. The zero-order valence-electron chi connectivity index (χ0n) is 9.82. The Balaban J connectivity index is 2.29. The fourth-order valence-electron chi connectivity index (χ4n) is 2.33. The van der Waals surface area contributed by atoms with Gasteiger partial charge in [0.2, 0.25) is 0 Å². The third kappa shape index (κ3) is 2.63. The molecule has 1 aromatic rings. The van der Waals surface area contributed by atoms with Gasteiger partial charge in [-0.05, 0) is 60.3 Å². The van der Waals surface area contributed by atoms with Crippen LogP contribution in [0.5, 0.6) is 0 Å². The number of hydrogen-bond acceptors (Lipinski definition) is 2. The van der Waals surface area contributed by atoms with Gasteiger partial charge in [-0.1, -0.05) is 0 Å². The lowest BCUT2D eigenvalue weighted by molar-refractivity contribution is 0.0697. The third-order valence-corrected chi connectivity index (χ3v) is 3.94. The van der Waals surface area contributed by atoms with Crippen LogP contribution in [0, 0.1) is 0 Å². The molecule has 0 unspecified atom stereocenters. The van der Waals surface area contributed by atoms with Crippen molar-refractivity contribution >= 4 is 27.6 Å². The Kier molecular flexibility index (Phi) is 3.72. The van der Waals surface area contributed by atoms with Crippen LogP contribution >= 0.6 is 15.9 Å². The number of carboxylic acid groups (broad SMARTS) is 1. The molecule has 0 aliphatic carbocycles. The van der Waals surface area contributed by atoms with Crippen LogP contribution in [0.15, 0.2) is 22.7 Å². The average molecular weight is 298 g/mol. The Labute approximate surface area is 110 Å². The number of anilines is 1. The van der Waals surface area contributed by atoms with Gasteiger partial charge in [-0.3, -0.25) is 0 Å². The first-order valence-corrected chi connectivity index (χ1v) is 6.68. The molecule has 1 aliphatic heterocycles. The van der Waals surface area contributed by atoms with Crippen molar-refractivity contribution in [1.82, 2.24) is 0 Å². The highest BCUT2D eigenvalue weighted by Crippen LogP contribution is 2.32. The molecule has 1 heterocycles. The molecule has 0 aromatic heterocycles. The summed E-state index contributed by atoms with van der Waals surface area (Å²) < 4.78 is 0.867. The number of rotatable bonds is 2. The molecule has 92 valence electrons. The third-order valence-electron chi connectivity index (χ3n) is 3.31. The van der Waals surface area contributed by atoms with Crippen LogP contribution in [0.25, 0.3) is 0 Å². The van der Waals surface area contributed by atoms with Gasteiger partial charge in [0.05, 0.1) is 11.3 Å². The Morgan fingerprint density at radius 3 is 2.82 bits per heavy atom. The minimum atomic E-state index is -0.885. The number of carbonyl (C=O) groups is 1. The van der Waals surface area contributed by atoms with Crippen LogP contribution < -0.4 is 4.90 Å². The first-order valence-electron chi connectivity index (χ1n) is 5.89. The smallest absolute Gasteiger partial charge is 0.335 e. The van der Waals surface area contributed by atoms with E-state index >= 15 is 0 Å². The van der Waals surface area contributed by atoms with E-state index in [-0.39, 0.29) is 0 Å². The van der Waals surface area contributed by atoms with Gasteiger partial charge in [-0.15, -0.1) is 0 Å². The molecule has 1 saturated heterocycles. The summed E-state index contributed by atoms with van der Waals surface area (Å²) in [6.07, 6.45) is 3.69. The predicted molar refractivity (Wildman–Crippen MR) is 71.8 cm³/mol. The van der Waals surface area contributed by atoms with Crippen LogP contribution in [0.4, 0.5) is 5.69 Å². The van der Waals surface area contributed by atoms with Crippen LogP contribution in [0.3, 0.4) is 0 Å². The summed E-state index contributed by atoms with van der Waals surface area (Å²) in [5.41, 5.74) is 1.42. The molecule has 3 nitrogen and oxygen atoms in total. The average Bonchev–Trinajstić information content (AvgIpc) is 2.30. The van der Waals surface area contributed by atoms with Gasteiger partial charge >= 0.3 is 5.97 Å². The summed E-state index contributed by atoms with van der Waals surface area (Å²) in [7, 11) is 0. The topological polar surface area (TPSA) is 40.5 Å². The summed E-state index contributed by atoms with van der Waals surface area (Å²) >= 11 is 3.47. The van der Waals surface area contributed by atoms with Crippen molar-refractivity contribution in [2.75, 3.05) is 11.4 Å². The Bertz CT molecular complexity index is 433. The van der Waals surface area contributed by atoms with E-state index in [4.69, 9.17) is 5.11 Å². The van der Waals surface area contributed by atoms with E-state index in [2.05, 4.69) is 27.8 Å². The van der Waals surface area contributed by atoms with E-state index in [1.165, 1.54) is 19.3 Å². The van der Waals surface area contributed by atoms with Crippen molar-refractivity contribution in [3.8, 4) is 0 Å². The first kappa shape index (κ1) is 12.4. The second kappa shape index (κ2) is 5.08. The van der Waals surface area contributed by atoms with E-state index in [9.17, 15) is 4.79 Å². The molecule has 1 fully saturated rings. The lowest BCUT2D eigenvalue weighted by atomic mass is 10.0. The summed E-state index contributed by atoms with van der Waals surface area (Å²) in [6, 6.07) is 5.77. The van der Waals surface area contributed by atoms with Gasteiger partial charge in [-0.25, -0.2) is 4.79 Å². The van der Waals surface area contributed by atoms with Gasteiger partial charge in [0, 0.05) is 17.1 Å². The number of nitrogens with zero attached hydrogens (tertiary/aromatic N) is 1. The molecule has 1 N–H and O–H groups in total. The minimum Gasteiger partial charge on any atom is -0.478 e. The molecule has 0 radical (unpaired) electrons. The van der Waals surface area contributed by atoms with Gasteiger partial charge < -0.3 is 10.0 Å². The second-order valence-corrected chi connectivity index (χ2v) is 5.36. The summed E-state index contributed by atoms with van der Waals surface area (Å²) in [6.45, 7) is 3.27. The first-order chi connectivity index (χ1) is 8.09. The van der Waals surface area contributed by atoms with E-state index < -0.39 is 5.97 Å². The molecule has 2 rings (SSSR count). The van der Waals surface area contributed by atoms with Crippen molar-refractivity contribution in [1.29, 1.82) is 0 Å². The van der Waals surface area contributed by atoms with Gasteiger partial charge in [0.15, 0.2) is 0 Å². The van der Waals surface area contributed by atoms with Crippen molar-refractivity contribution < 1.29 is 9.90 Å². The van der Waals surface area contributed by atoms with Gasteiger partial charge in [0.25, 0.3) is 0 Å². The number of benzene rings is 1. The summed E-state index contributed by atoms with van der Waals surface area (Å²) in [4.78, 5) is 13.2. The Morgan fingerprint density at radius 2 is 2.24 bits per heavy atom. The molecular formula is C13H16BrNO2. The van der Waals surface area contributed by atoms with Crippen LogP contribution in [-0.2, 0) is 0 Å². The number of piperidine rings is 1. The highest BCUT2D eigenvalue weighted by atomic mass is 79.9. The van der Waals surface area contributed by atoms with E-state index in [0.717, 1.165) is 16.7 Å². The molecular weight excluding hydrogens is 282 g/mol. The van der Waals surface area contributed by atoms with E-state index in [1.807, 2.05) is 6.07 Å². The molecule has 4 heteroatoms. The van der Waals surface area contributed by atoms with Crippen LogP contribution in [0.2, 0.25) is 0 Å². The molecule has 0 spiro atoms. The molecule has 0 bridgehead atoms. The molecule has 17 heavy (non-hydrogen) atoms. The zero-order chi connectivity index (χ0) is 12.4. The number of hydrogen-bond donors (Lipinski definition) is 1. The van der Waals surface area contributed by atoms with E-state index in [1.54, 1.807) is 12.1 Å². The fraction of sp³-hybridized carbons (Fsp3) is 0.462. The fourth-order valence-corrected chi connectivity index (χ4v) is 2.94. The molecule has 0 saturated carbocycles.